The molecule has 17 heavy (non-hydrogen) atoms. The van der Waals surface area contributed by atoms with Gasteiger partial charge in [0.05, 0.1) is 17.0 Å². The summed E-state index contributed by atoms with van der Waals surface area (Å²) < 4.78 is 0. The number of carbonyl (C=O) groups is 1. The van der Waals surface area contributed by atoms with Gasteiger partial charge in [-0.05, 0) is 31.4 Å². The molecule has 1 saturated carbocycles. The number of nitrogens with one attached hydrogen (secondary N) is 1. The van der Waals surface area contributed by atoms with E-state index in [1.165, 1.54) is 17.7 Å². The van der Waals surface area contributed by atoms with E-state index in [4.69, 9.17) is 0 Å². The average molecular weight is 270 g/mol. The minimum Gasteiger partial charge on any atom is -0.355 e. The fourth-order valence-corrected chi connectivity index (χ4v) is 3.39. The van der Waals surface area contributed by atoms with Crippen LogP contribution in [0.1, 0.15) is 23.4 Å². The second kappa shape index (κ2) is 6.40. The Morgan fingerprint density at radius 1 is 1.65 bits per heavy atom. The molecule has 0 unspecified atom stereocenters. The van der Waals surface area contributed by atoms with Gasteiger partial charge < -0.3 is 5.32 Å². The van der Waals surface area contributed by atoms with E-state index in [1.807, 2.05) is 12.4 Å². The van der Waals surface area contributed by atoms with Crippen molar-refractivity contribution in [2.75, 3.05) is 18.1 Å². The molecular weight excluding hydrogens is 252 g/mol. The Morgan fingerprint density at radius 3 is 3.12 bits per heavy atom. The lowest BCUT2D eigenvalue weighted by atomic mass is 10.3. The van der Waals surface area contributed by atoms with Crippen LogP contribution in [0.25, 0.3) is 0 Å². The highest BCUT2D eigenvalue weighted by molar-refractivity contribution is 7.99. The number of amides is 1. The number of rotatable bonds is 7. The molecule has 0 bridgehead atoms. The molecule has 0 radical (unpaired) electrons. The Balaban J connectivity index is 1.54. The van der Waals surface area contributed by atoms with Gasteiger partial charge in [-0.1, -0.05) is 0 Å². The predicted molar refractivity (Wildman–Crippen MR) is 73.6 cm³/mol. The lowest BCUT2D eigenvalue weighted by Gasteiger charge is -2.04. The highest BCUT2D eigenvalue weighted by Gasteiger charge is 2.21. The van der Waals surface area contributed by atoms with E-state index >= 15 is 0 Å². The zero-order valence-corrected chi connectivity index (χ0v) is 11.7. The van der Waals surface area contributed by atoms with Gasteiger partial charge in [0.1, 0.15) is 0 Å². The number of aromatic nitrogens is 1. The molecule has 0 aromatic carbocycles. The number of carbonyl (C=O) groups excluding carboxylic acids is 1. The average Bonchev–Trinajstić information content (AvgIpc) is 3.03. The third-order valence-corrected chi connectivity index (χ3v) is 4.97. The molecule has 0 spiro atoms. The molecule has 1 aliphatic carbocycles. The van der Waals surface area contributed by atoms with E-state index < -0.39 is 0 Å². The van der Waals surface area contributed by atoms with Crippen LogP contribution < -0.4 is 5.32 Å². The molecule has 1 aliphatic rings. The maximum absolute atomic E-state index is 11.5. The van der Waals surface area contributed by atoms with Crippen LogP contribution in [0, 0.1) is 12.8 Å². The van der Waals surface area contributed by atoms with Crippen LogP contribution in [0.2, 0.25) is 0 Å². The van der Waals surface area contributed by atoms with Gasteiger partial charge in [-0.25, -0.2) is 4.98 Å². The van der Waals surface area contributed by atoms with Gasteiger partial charge in [0.15, 0.2) is 0 Å². The molecule has 1 aromatic heterocycles. The van der Waals surface area contributed by atoms with Crippen molar-refractivity contribution in [2.45, 2.75) is 26.2 Å². The van der Waals surface area contributed by atoms with E-state index in [-0.39, 0.29) is 5.91 Å². The van der Waals surface area contributed by atoms with Crippen LogP contribution in [-0.4, -0.2) is 28.9 Å². The first-order chi connectivity index (χ1) is 8.25. The van der Waals surface area contributed by atoms with Gasteiger partial charge in [-0.15, -0.1) is 11.3 Å². The van der Waals surface area contributed by atoms with Gasteiger partial charge in [-0.2, -0.15) is 11.8 Å². The summed E-state index contributed by atoms with van der Waals surface area (Å²) in [6.45, 7) is 2.74. The molecule has 1 N–H and O–H groups in total. The van der Waals surface area contributed by atoms with Gasteiger partial charge in [0, 0.05) is 17.8 Å². The summed E-state index contributed by atoms with van der Waals surface area (Å²) in [4.78, 5) is 17.0. The van der Waals surface area contributed by atoms with Gasteiger partial charge in [0.2, 0.25) is 5.91 Å². The van der Waals surface area contributed by atoms with E-state index in [1.54, 1.807) is 23.1 Å². The molecule has 0 aliphatic heterocycles. The Bertz CT molecular complexity index is 374. The molecule has 0 saturated heterocycles. The van der Waals surface area contributed by atoms with Gasteiger partial charge in [0.25, 0.3) is 0 Å². The van der Waals surface area contributed by atoms with Crippen LogP contribution >= 0.6 is 23.1 Å². The Labute approximate surface area is 110 Å². The number of thioether (sulfide) groups is 1. The molecule has 94 valence electrons. The minimum atomic E-state index is 0.165. The number of nitrogens with zero attached hydrogens (tertiary/aromatic N) is 1. The summed E-state index contributed by atoms with van der Waals surface area (Å²) in [5, 5.41) is 2.96. The predicted octanol–water partition coefficient (Wildman–Crippen LogP) is 2.25. The van der Waals surface area contributed by atoms with Crippen LogP contribution in [0.3, 0.4) is 0 Å². The zero-order valence-electron chi connectivity index (χ0n) is 10.1. The number of hydrogen-bond donors (Lipinski definition) is 1. The molecule has 0 atom stereocenters. The molecule has 1 aromatic rings. The van der Waals surface area contributed by atoms with Crippen molar-refractivity contribution in [2.24, 2.45) is 5.92 Å². The molecule has 2 rings (SSSR count). The Kier molecular flexibility index (Phi) is 4.86. The summed E-state index contributed by atoms with van der Waals surface area (Å²) in [5.41, 5.74) is 2.95. The van der Waals surface area contributed by atoms with Crippen LogP contribution in [0.4, 0.5) is 0 Å². The third-order valence-electron chi connectivity index (χ3n) is 2.80. The standard InChI is InChI=1S/C12H18N2OS2/c1-9-11(17-8-14-9)4-5-13-12(15)7-16-6-10-2-3-10/h8,10H,2-7H2,1H3,(H,13,15). The molecular formula is C12H18N2OS2. The van der Waals surface area contributed by atoms with Crippen molar-refractivity contribution in [3.05, 3.63) is 16.1 Å². The lowest BCUT2D eigenvalue weighted by Crippen LogP contribution is -2.27. The summed E-state index contributed by atoms with van der Waals surface area (Å²) in [5.74, 6) is 2.82. The molecule has 1 heterocycles. The molecule has 1 fully saturated rings. The van der Waals surface area contributed by atoms with Crippen molar-refractivity contribution >= 4 is 29.0 Å². The lowest BCUT2D eigenvalue weighted by molar-refractivity contribution is -0.118. The quantitative estimate of drug-likeness (QED) is 0.826. The second-order valence-corrected chi connectivity index (χ2v) is 6.39. The first-order valence-electron chi connectivity index (χ1n) is 5.99. The van der Waals surface area contributed by atoms with Crippen molar-refractivity contribution in [3.8, 4) is 0 Å². The van der Waals surface area contributed by atoms with Crippen molar-refractivity contribution in [1.82, 2.24) is 10.3 Å². The summed E-state index contributed by atoms with van der Waals surface area (Å²) in [6, 6.07) is 0. The topological polar surface area (TPSA) is 42.0 Å². The van der Waals surface area contributed by atoms with E-state index in [2.05, 4.69) is 10.3 Å². The van der Waals surface area contributed by atoms with Gasteiger partial charge in [-0.3, -0.25) is 4.79 Å². The highest BCUT2D eigenvalue weighted by atomic mass is 32.2. The first kappa shape index (κ1) is 12.9. The molecule has 1 amide bonds. The van der Waals surface area contributed by atoms with Crippen LogP contribution in [-0.2, 0) is 11.2 Å². The van der Waals surface area contributed by atoms with Crippen molar-refractivity contribution in [1.29, 1.82) is 0 Å². The molecule has 3 nitrogen and oxygen atoms in total. The van der Waals surface area contributed by atoms with Crippen molar-refractivity contribution in [3.63, 3.8) is 0 Å². The Morgan fingerprint density at radius 2 is 2.47 bits per heavy atom. The number of thiazole rings is 1. The van der Waals surface area contributed by atoms with E-state index in [9.17, 15) is 4.79 Å². The largest absolute Gasteiger partial charge is 0.355 e. The normalized spacial score (nSPS) is 14.9. The molecule has 5 heteroatoms. The van der Waals surface area contributed by atoms with Crippen LogP contribution in [0.5, 0.6) is 0 Å². The van der Waals surface area contributed by atoms with Crippen molar-refractivity contribution < 1.29 is 4.79 Å². The zero-order chi connectivity index (χ0) is 12.1. The fourth-order valence-electron chi connectivity index (χ4n) is 1.54. The Hall–Kier alpha value is -0.550. The smallest absolute Gasteiger partial charge is 0.230 e. The monoisotopic (exact) mass is 270 g/mol. The first-order valence-corrected chi connectivity index (χ1v) is 8.02. The maximum atomic E-state index is 11.5. The number of hydrogen-bond acceptors (Lipinski definition) is 4. The summed E-state index contributed by atoms with van der Waals surface area (Å²) >= 11 is 3.42. The third kappa shape index (κ3) is 4.68. The summed E-state index contributed by atoms with van der Waals surface area (Å²) in [7, 11) is 0. The maximum Gasteiger partial charge on any atom is 0.230 e. The second-order valence-electron chi connectivity index (χ2n) is 4.42. The van der Waals surface area contributed by atoms with Gasteiger partial charge >= 0.3 is 0 Å². The number of aryl methyl sites for hydroxylation is 1. The van der Waals surface area contributed by atoms with Crippen LogP contribution in [0.15, 0.2) is 5.51 Å². The summed E-state index contributed by atoms with van der Waals surface area (Å²) in [6.07, 6.45) is 3.62. The highest BCUT2D eigenvalue weighted by Crippen LogP contribution is 2.32. The fraction of sp³-hybridized carbons (Fsp3) is 0.667. The van der Waals surface area contributed by atoms with E-state index in [0.29, 0.717) is 5.75 Å². The SMILES string of the molecule is Cc1ncsc1CCNC(=O)CSCC1CC1. The van der Waals surface area contributed by atoms with E-state index in [0.717, 1.165) is 30.3 Å². The minimum absolute atomic E-state index is 0.165.